The van der Waals surface area contributed by atoms with Crippen molar-refractivity contribution in [1.82, 2.24) is 36.3 Å². The van der Waals surface area contributed by atoms with Crippen molar-refractivity contribution in [2.75, 3.05) is 13.7 Å². The Hall–Kier alpha value is -4.98. The number of hydrogen-bond acceptors (Lipinski definition) is 9. The Balaban J connectivity index is 1.61. The van der Waals surface area contributed by atoms with Gasteiger partial charge in [-0.3, -0.25) is 23.9 Å². The van der Waals surface area contributed by atoms with Crippen LogP contribution in [0.15, 0.2) is 54.7 Å². The van der Waals surface area contributed by atoms with E-state index in [1.165, 1.54) is 20.1 Å². The zero-order valence-corrected chi connectivity index (χ0v) is 25.5. The van der Waals surface area contributed by atoms with Gasteiger partial charge in [-0.05, 0) is 37.1 Å². The van der Waals surface area contributed by atoms with Crippen LogP contribution in [-0.4, -0.2) is 81.7 Å². The van der Waals surface area contributed by atoms with Gasteiger partial charge in [-0.1, -0.05) is 42.5 Å². The van der Waals surface area contributed by atoms with Gasteiger partial charge in [0.05, 0.1) is 32.6 Å². The summed E-state index contributed by atoms with van der Waals surface area (Å²) >= 11 is 0. The molecule has 4 bridgehead atoms. The first-order valence-electron chi connectivity index (χ1n) is 14.8. The molecule has 3 aromatic rings. The molecule has 0 fully saturated rings. The van der Waals surface area contributed by atoms with Gasteiger partial charge in [0.1, 0.15) is 23.8 Å². The Labute approximate surface area is 260 Å². The molecule has 14 nitrogen and oxygen atoms in total. The minimum Gasteiger partial charge on any atom is -0.493 e. The van der Waals surface area contributed by atoms with Gasteiger partial charge in [0.25, 0.3) is 5.91 Å². The predicted octanol–water partition coefficient (Wildman–Crippen LogP) is 0.487. The van der Waals surface area contributed by atoms with Gasteiger partial charge in [0.2, 0.25) is 17.7 Å². The van der Waals surface area contributed by atoms with Crippen molar-refractivity contribution < 1.29 is 33.8 Å². The highest BCUT2D eigenvalue weighted by Crippen LogP contribution is 2.28. The fourth-order valence-electron chi connectivity index (χ4n) is 4.74. The molecule has 14 heteroatoms. The molecule has 45 heavy (non-hydrogen) atoms. The van der Waals surface area contributed by atoms with Gasteiger partial charge in [-0.25, -0.2) is 0 Å². The summed E-state index contributed by atoms with van der Waals surface area (Å²) in [5, 5.41) is 29.4. The number of nitrogens with one attached hydrogen (secondary N) is 4. The third-order valence-electron chi connectivity index (χ3n) is 7.25. The van der Waals surface area contributed by atoms with Gasteiger partial charge in [0.15, 0.2) is 11.5 Å². The quantitative estimate of drug-likeness (QED) is 0.270. The van der Waals surface area contributed by atoms with E-state index in [2.05, 4.69) is 31.6 Å². The average Bonchev–Trinajstić information content (AvgIpc) is 3.50. The van der Waals surface area contributed by atoms with Crippen molar-refractivity contribution in [3.05, 3.63) is 71.5 Å². The molecule has 0 saturated heterocycles. The molecule has 1 aliphatic rings. The Kier molecular flexibility index (Phi) is 11.5. The monoisotopic (exact) mass is 621 g/mol. The Bertz CT molecular complexity index is 1480. The standard InChI is InChI=1S/C31H39N7O7/c1-4-23-30(42)35-27(19(2)39)31(43)34-24(15-20-9-6-5-7-10-20)29(41)32-17-22-18-38(37-36-22)13-8-14-45-26-16-21(28(40)33-23)11-12-25(26)44-3/h5-7,9-12,16,18-19,23-24,27,39H,4,8,13-15,17H2,1-3H3,(H,32,41)(H,33,40)(H,34,43)(H,35,42)/t19-,23+,24+,27+/m1/s1. The fourth-order valence-corrected chi connectivity index (χ4v) is 4.74. The summed E-state index contributed by atoms with van der Waals surface area (Å²) in [5.74, 6) is -1.68. The molecule has 1 aromatic heterocycles. The van der Waals surface area contributed by atoms with Crippen LogP contribution in [0.4, 0.5) is 0 Å². The maximum Gasteiger partial charge on any atom is 0.252 e. The minimum atomic E-state index is -1.41. The van der Waals surface area contributed by atoms with Gasteiger partial charge in [-0.2, -0.15) is 0 Å². The molecule has 5 N–H and O–H groups in total. The number of aliphatic hydroxyl groups excluding tert-OH is 1. The lowest BCUT2D eigenvalue weighted by Crippen LogP contribution is -2.60. The largest absolute Gasteiger partial charge is 0.493 e. The number of carbonyl (C=O) groups is 4. The summed E-state index contributed by atoms with van der Waals surface area (Å²) in [6.07, 6.45) is 1.30. The van der Waals surface area contributed by atoms with Crippen LogP contribution >= 0.6 is 0 Å². The number of aryl methyl sites for hydroxylation is 1. The SMILES string of the molecule is CC[C@@H]1NC(=O)c2ccc(OC)c(c2)OCCCn2cc(nn2)CNC(=O)[C@H](Cc2ccccc2)NC(=O)[C@H]([C@@H](C)O)NC1=O. The number of nitrogens with zero attached hydrogens (tertiary/aromatic N) is 3. The van der Waals surface area contributed by atoms with E-state index in [4.69, 9.17) is 9.47 Å². The number of rotatable bonds is 5. The van der Waals surface area contributed by atoms with E-state index >= 15 is 0 Å². The normalized spacial score (nSPS) is 21.0. The van der Waals surface area contributed by atoms with Crippen LogP contribution in [0, 0.1) is 0 Å². The molecule has 0 radical (unpaired) electrons. The van der Waals surface area contributed by atoms with E-state index in [1.54, 1.807) is 29.9 Å². The number of benzene rings is 2. The van der Waals surface area contributed by atoms with Crippen LogP contribution < -0.4 is 30.7 Å². The molecule has 0 saturated carbocycles. The first-order chi connectivity index (χ1) is 21.7. The lowest BCUT2D eigenvalue weighted by atomic mass is 10.0. The molecule has 240 valence electrons. The van der Waals surface area contributed by atoms with Crippen LogP contribution in [0.1, 0.15) is 48.3 Å². The number of aliphatic hydroxyl groups is 1. The number of aromatic nitrogens is 3. The van der Waals surface area contributed by atoms with Crippen molar-refractivity contribution in [3.8, 4) is 11.5 Å². The fraction of sp³-hybridized carbons (Fsp3) is 0.419. The molecule has 4 amide bonds. The molecule has 1 aliphatic heterocycles. The Morgan fingerprint density at radius 3 is 2.51 bits per heavy atom. The molecule has 0 aliphatic carbocycles. The third kappa shape index (κ3) is 9.01. The zero-order valence-electron chi connectivity index (χ0n) is 25.5. The van der Waals surface area contributed by atoms with Gasteiger partial charge in [-0.15, -0.1) is 5.10 Å². The third-order valence-corrected chi connectivity index (χ3v) is 7.25. The van der Waals surface area contributed by atoms with Crippen molar-refractivity contribution in [1.29, 1.82) is 0 Å². The number of amides is 4. The topological polar surface area (TPSA) is 186 Å². The highest BCUT2D eigenvalue weighted by molar-refractivity contribution is 5.99. The molecule has 2 heterocycles. The maximum atomic E-state index is 13.4. The number of methoxy groups -OCH3 is 1. The van der Waals surface area contributed by atoms with Crippen LogP contribution in [0.25, 0.3) is 0 Å². The first kappa shape index (κ1) is 32.9. The predicted molar refractivity (Wildman–Crippen MR) is 162 cm³/mol. The molecule has 0 unspecified atom stereocenters. The Morgan fingerprint density at radius 1 is 1.02 bits per heavy atom. The summed E-state index contributed by atoms with van der Waals surface area (Å²) in [6.45, 7) is 3.88. The number of fused-ring (bicyclic) bond motifs is 4. The second-order valence-corrected chi connectivity index (χ2v) is 10.7. The summed E-state index contributed by atoms with van der Waals surface area (Å²) in [6, 6.07) is 10.3. The highest BCUT2D eigenvalue weighted by atomic mass is 16.5. The van der Waals surface area contributed by atoms with Crippen LogP contribution in [0.3, 0.4) is 0 Å². The molecule has 4 atom stereocenters. The van der Waals surface area contributed by atoms with Gasteiger partial charge in [0, 0.05) is 24.9 Å². The summed E-state index contributed by atoms with van der Waals surface area (Å²) in [4.78, 5) is 53.2. The van der Waals surface area contributed by atoms with E-state index < -0.39 is 47.9 Å². The summed E-state index contributed by atoms with van der Waals surface area (Å²) in [7, 11) is 1.49. The Morgan fingerprint density at radius 2 is 1.80 bits per heavy atom. The average molecular weight is 622 g/mol. The van der Waals surface area contributed by atoms with Crippen LogP contribution in [-0.2, 0) is 33.9 Å². The van der Waals surface area contributed by atoms with E-state index in [9.17, 15) is 24.3 Å². The maximum absolute atomic E-state index is 13.4. The lowest BCUT2D eigenvalue weighted by Gasteiger charge is -2.26. The molecular formula is C31H39N7O7. The smallest absolute Gasteiger partial charge is 0.252 e. The number of hydrogen-bond donors (Lipinski definition) is 5. The first-order valence-corrected chi connectivity index (χ1v) is 14.8. The molecule has 4 rings (SSSR count). The van der Waals surface area contributed by atoms with Crippen LogP contribution in [0.5, 0.6) is 11.5 Å². The minimum absolute atomic E-state index is 0.0644. The number of carbonyl (C=O) groups excluding carboxylic acids is 4. The summed E-state index contributed by atoms with van der Waals surface area (Å²) < 4.78 is 12.9. The molecule has 2 aromatic carbocycles. The molecule has 0 spiro atoms. The van der Waals surface area contributed by atoms with Crippen LogP contribution in [0.2, 0.25) is 0 Å². The van der Waals surface area contributed by atoms with Crippen molar-refractivity contribution in [2.45, 2.75) is 70.4 Å². The van der Waals surface area contributed by atoms with E-state index in [0.717, 1.165) is 5.56 Å². The van der Waals surface area contributed by atoms with Gasteiger partial charge >= 0.3 is 0 Å². The van der Waals surface area contributed by atoms with E-state index in [-0.39, 0.29) is 31.6 Å². The van der Waals surface area contributed by atoms with E-state index in [0.29, 0.717) is 30.2 Å². The number of ether oxygens (including phenoxy) is 2. The lowest BCUT2D eigenvalue weighted by molar-refractivity contribution is -0.134. The zero-order chi connectivity index (χ0) is 32.3. The second-order valence-electron chi connectivity index (χ2n) is 10.7. The van der Waals surface area contributed by atoms with Crippen molar-refractivity contribution >= 4 is 23.6 Å². The highest BCUT2D eigenvalue weighted by Gasteiger charge is 2.32. The molecular weight excluding hydrogens is 582 g/mol. The van der Waals surface area contributed by atoms with Crippen molar-refractivity contribution in [2.24, 2.45) is 0 Å². The van der Waals surface area contributed by atoms with Gasteiger partial charge < -0.3 is 35.8 Å². The summed E-state index contributed by atoms with van der Waals surface area (Å²) in [5.41, 5.74) is 1.54. The van der Waals surface area contributed by atoms with E-state index in [1.807, 2.05) is 30.3 Å². The second kappa shape index (κ2) is 15.7. The van der Waals surface area contributed by atoms with Crippen molar-refractivity contribution in [3.63, 3.8) is 0 Å².